The highest BCUT2D eigenvalue weighted by molar-refractivity contribution is 7.89. The molecular weight excluding hydrogens is 497 g/mol. The van der Waals surface area contributed by atoms with E-state index in [4.69, 9.17) is 4.74 Å². The zero-order valence-electron chi connectivity index (χ0n) is 21.7. The smallest absolute Gasteiger partial charge is 0.317 e. The Labute approximate surface area is 218 Å². The van der Waals surface area contributed by atoms with Gasteiger partial charge in [0.15, 0.2) is 0 Å². The number of nitrogens with one attached hydrogen (secondary N) is 1. The molecule has 2 amide bonds. The SMILES string of the molecule is CC(C)NC(=O)N(C)C[C@@H]1Oc2cc(C#Cc3cccc(F)c3)ccc2S(=O)(=O)N([C@H](C)CO)C[C@@H]1C. The Bertz CT molecular complexity index is 1290. The Hall–Kier alpha value is -3.13. The topological polar surface area (TPSA) is 99.2 Å². The number of halogens is 1. The van der Waals surface area contributed by atoms with Gasteiger partial charge in [-0.1, -0.05) is 24.8 Å². The van der Waals surface area contributed by atoms with Crippen LogP contribution in [0.2, 0.25) is 0 Å². The second-order valence-electron chi connectivity index (χ2n) is 9.65. The Kier molecular flexibility index (Phi) is 9.18. The number of sulfonamides is 1. The maximum Gasteiger partial charge on any atom is 0.317 e. The number of hydrogen-bond acceptors (Lipinski definition) is 5. The average molecular weight is 532 g/mol. The first-order valence-corrected chi connectivity index (χ1v) is 13.6. The van der Waals surface area contributed by atoms with Crippen molar-refractivity contribution in [2.45, 2.75) is 50.8 Å². The van der Waals surface area contributed by atoms with Gasteiger partial charge in [-0.3, -0.25) is 0 Å². The number of ether oxygens (including phenoxy) is 1. The van der Waals surface area contributed by atoms with Crippen molar-refractivity contribution in [2.24, 2.45) is 5.92 Å². The summed E-state index contributed by atoms with van der Waals surface area (Å²) in [4.78, 5) is 14.0. The maximum atomic E-state index is 13.6. The van der Waals surface area contributed by atoms with E-state index in [2.05, 4.69) is 17.2 Å². The number of aliphatic hydroxyl groups is 1. The molecule has 37 heavy (non-hydrogen) atoms. The molecule has 0 saturated heterocycles. The van der Waals surface area contributed by atoms with Gasteiger partial charge in [0.2, 0.25) is 10.0 Å². The molecule has 2 aromatic rings. The summed E-state index contributed by atoms with van der Waals surface area (Å²) in [7, 11) is -2.35. The monoisotopic (exact) mass is 531 g/mol. The van der Waals surface area contributed by atoms with Gasteiger partial charge < -0.3 is 20.1 Å². The molecule has 2 aromatic carbocycles. The first-order chi connectivity index (χ1) is 17.4. The Morgan fingerprint density at radius 2 is 1.89 bits per heavy atom. The normalized spacial score (nSPS) is 19.9. The fourth-order valence-electron chi connectivity index (χ4n) is 3.94. The number of aliphatic hydroxyl groups excluding tert-OH is 1. The van der Waals surface area contributed by atoms with Crippen molar-refractivity contribution in [3.8, 4) is 17.6 Å². The molecule has 10 heteroatoms. The van der Waals surface area contributed by atoms with Crippen molar-refractivity contribution in [1.29, 1.82) is 0 Å². The molecule has 0 spiro atoms. The van der Waals surface area contributed by atoms with Crippen molar-refractivity contribution in [1.82, 2.24) is 14.5 Å². The van der Waals surface area contributed by atoms with E-state index in [1.165, 1.54) is 27.4 Å². The van der Waals surface area contributed by atoms with Crippen molar-refractivity contribution >= 4 is 16.1 Å². The third-order valence-corrected chi connectivity index (χ3v) is 8.08. The number of amides is 2. The lowest BCUT2D eigenvalue weighted by Gasteiger charge is -2.37. The van der Waals surface area contributed by atoms with Crippen LogP contribution in [0, 0.1) is 23.6 Å². The molecule has 8 nitrogen and oxygen atoms in total. The largest absolute Gasteiger partial charge is 0.487 e. The zero-order valence-corrected chi connectivity index (χ0v) is 22.5. The first kappa shape index (κ1) is 28.4. The molecule has 0 aliphatic carbocycles. The molecule has 1 aliphatic heterocycles. The molecular formula is C27H34FN3O5S. The van der Waals surface area contributed by atoms with Gasteiger partial charge in [-0.25, -0.2) is 17.6 Å². The standard InChI is InChI=1S/C27H34FN3O5S/c1-18(2)29-27(33)30(5)16-25-19(3)15-31(20(4)17-32)37(34,35)26-12-11-22(14-24(26)36-25)10-9-21-7-6-8-23(28)13-21/h6-8,11-14,18-20,25,32H,15-17H2,1-5H3,(H,29,33)/t19-,20+,25-/m0/s1. The number of urea groups is 1. The lowest BCUT2D eigenvalue weighted by molar-refractivity contribution is 0.0809. The van der Waals surface area contributed by atoms with Crippen LogP contribution in [0.25, 0.3) is 0 Å². The lowest BCUT2D eigenvalue weighted by atomic mass is 10.0. The van der Waals surface area contributed by atoms with Crippen LogP contribution in [0.4, 0.5) is 9.18 Å². The molecule has 3 rings (SSSR count). The summed E-state index contributed by atoms with van der Waals surface area (Å²) >= 11 is 0. The van der Waals surface area contributed by atoms with Gasteiger partial charge in [-0.15, -0.1) is 0 Å². The highest BCUT2D eigenvalue weighted by Gasteiger charge is 2.38. The first-order valence-electron chi connectivity index (χ1n) is 12.1. The number of carbonyl (C=O) groups is 1. The molecule has 0 unspecified atom stereocenters. The number of carbonyl (C=O) groups excluding carboxylic acids is 1. The van der Waals surface area contributed by atoms with Gasteiger partial charge in [0.05, 0.1) is 13.2 Å². The minimum Gasteiger partial charge on any atom is -0.487 e. The molecule has 0 fully saturated rings. The molecule has 3 atom stereocenters. The summed E-state index contributed by atoms with van der Waals surface area (Å²) < 4.78 is 48.2. The Morgan fingerprint density at radius 3 is 2.51 bits per heavy atom. The average Bonchev–Trinajstić information content (AvgIpc) is 2.83. The third kappa shape index (κ3) is 7.01. The summed E-state index contributed by atoms with van der Waals surface area (Å²) in [6.45, 7) is 7.19. The van der Waals surface area contributed by atoms with Crippen LogP contribution in [-0.2, 0) is 10.0 Å². The number of rotatable bonds is 5. The van der Waals surface area contributed by atoms with E-state index in [0.29, 0.717) is 11.1 Å². The van der Waals surface area contributed by atoms with Gasteiger partial charge >= 0.3 is 6.03 Å². The van der Waals surface area contributed by atoms with Crippen molar-refractivity contribution < 1.29 is 27.4 Å². The predicted octanol–water partition coefficient (Wildman–Crippen LogP) is 3.04. The molecule has 1 heterocycles. The van der Waals surface area contributed by atoms with E-state index in [-0.39, 0.29) is 48.3 Å². The molecule has 0 bridgehead atoms. The van der Waals surface area contributed by atoms with Crippen LogP contribution >= 0.6 is 0 Å². The number of benzene rings is 2. The molecule has 1 aliphatic rings. The van der Waals surface area contributed by atoms with Crippen molar-refractivity contribution in [3.05, 3.63) is 59.4 Å². The quantitative estimate of drug-likeness (QED) is 0.578. The van der Waals surface area contributed by atoms with Gasteiger partial charge in [0, 0.05) is 42.7 Å². The third-order valence-electron chi connectivity index (χ3n) is 6.06. The Balaban J connectivity index is 2.03. The van der Waals surface area contributed by atoms with E-state index in [1.807, 2.05) is 20.8 Å². The second kappa shape index (κ2) is 11.9. The molecule has 0 radical (unpaired) electrons. The summed E-state index contributed by atoms with van der Waals surface area (Å²) in [6, 6.07) is 9.44. The van der Waals surface area contributed by atoms with Gasteiger partial charge in [0.1, 0.15) is 22.6 Å². The number of nitrogens with zero attached hydrogens (tertiary/aromatic N) is 2. The van der Waals surface area contributed by atoms with Crippen molar-refractivity contribution in [2.75, 3.05) is 26.7 Å². The highest BCUT2D eigenvalue weighted by atomic mass is 32.2. The summed E-state index contributed by atoms with van der Waals surface area (Å²) in [6.07, 6.45) is -0.544. The van der Waals surface area contributed by atoms with Crippen LogP contribution in [0.3, 0.4) is 0 Å². The number of hydrogen-bond donors (Lipinski definition) is 2. The number of fused-ring (bicyclic) bond motifs is 1. The van der Waals surface area contributed by atoms with Crippen LogP contribution in [0.1, 0.15) is 38.8 Å². The minimum absolute atomic E-state index is 0.0448. The van der Waals surface area contributed by atoms with E-state index < -0.39 is 28.0 Å². The van der Waals surface area contributed by atoms with Gasteiger partial charge in [0.25, 0.3) is 0 Å². The van der Waals surface area contributed by atoms with Crippen LogP contribution in [0.15, 0.2) is 47.4 Å². The second-order valence-corrected chi connectivity index (χ2v) is 11.5. The van der Waals surface area contributed by atoms with Crippen molar-refractivity contribution in [3.63, 3.8) is 0 Å². The van der Waals surface area contributed by atoms with Gasteiger partial charge in [-0.05, 0) is 57.2 Å². The fourth-order valence-corrected chi connectivity index (χ4v) is 5.77. The van der Waals surface area contributed by atoms with E-state index in [0.717, 1.165) is 0 Å². The minimum atomic E-state index is -4.00. The molecule has 2 N–H and O–H groups in total. The molecule has 0 saturated carbocycles. The van der Waals surface area contributed by atoms with Crippen LogP contribution < -0.4 is 10.1 Å². The molecule has 200 valence electrons. The van der Waals surface area contributed by atoms with E-state index in [9.17, 15) is 22.7 Å². The fraction of sp³-hybridized carbons (Fsp3) is 0.444. The van der Waals surface area contributed by atoms with E-state index in [1.54, 1.807) is 38.2 Å². The predicted molar refractivity (Wildman–Crippen MR) is 139 cm³/mol. The summed E-state index contributed by atoms with van der Waals surface area (Å²) in [5.74, 6) is 5.21. The number of likely N-dealkylation sites (N-methyl/N-ethyl adjacent to an activating group) is 1. The summed E-state index contributed by atoms with van der Waals surface area (Å²) in [5.41, 5.74) is 0.963. The zero-order chi connectivity index (χ0) is 27.3. The Morgan fingerprint density at radius 1 is 1.22 bits per heavy atom. The van der Waals surface area contributed by atoms with Crippen LogP contribution in [0.5, 0.6) is 5.75 Å². The van der Waals surface area contributed by atoms with E-state index >= 15 is 0 Å². The van der Waals surface area contributed by atoms with Crippen LogP contribution in [-0.4, -0.2) is 73.7 Å². The molecule has 0 aromatic heterocycles. The van der Waals surface area contributed by atoms with Gasteiger partial charge in [-0.2, -0.15) is 4.31 Å². The maximum absolute atomic E-state index is 13.6. The summed E-state index contributed by atoms with van der Waals surface area (Å²) in [5, 5.41) is 12.6. The lowest BCUT2D eigenvalue weighted by Crippen LogP contribution is -2.51. The highest BCUT2D eigenvalue weighted by Crippen LogP contribution is 2.34.